The van der Waals surface area contributed by atoms with Crippen molar-refractivity contribution >= 4 is 5.97 Å². The Morgan fingerprint density at radius 3 is 2.71 bits per heavy atom. The maximum absolute atomic E-state index is 11.3. The van der Waals surface area contributed by atoms with Crippen molar-refractivity contribution in [1.29, 1.82) is 0 Å². The van der Waals surface area contributed by atoms with Gasteiger partial charge in [0.05, 0.1) is 19.3 Å². The molecule has 1 N–H and O–H groups in total. The van der Waals surface area contributed by atoms with E-state index < -0.39 is 12.3 Å². The lowest BCUT2D eigenvalue weighted by atomic mass is 10.0. The van der Waals surface area contributed by atoms with Gasteiger partial charge in [-0.15, -0.1) is 0 Å². The smallest absolute Gasteiger partial charge is 0.340 e. The molecule has 0 unspecified atom stereocenters. The van der Waals surface area contributed by atoms with E-state index in [1.165, 1.54) is 7.11 Å². The fourth-order valence-corrected chi connectivity index (χ4v) is 1.44. The maximum Gasteiger partial charge on any atom is 0.340 e. The minimum Gasteiger partial charge on any atom is -0.494 e. The van der Waals surface area contributed by atoms with Gasteiger partial charge < -0.3 is 19.3 Å². The Bertz CT molecular complexity index is 258. The fourth-order valence-electron chi connectivity index (χ4n) is 1.44. The summed E-state index contributed by atoms with van der Waals surface area (Å²) in [6, 6.07) is 0. The molecule has 5 heteroatoms. The van der Waals surface area contributed by atoms with Gasteiger partial charge >= 0.3 is 5.97 Å². The summed E-state index contributed by atoms with van der Waals surface area (Å²) in [5.41, 5.74) is 0.349. The van der Waals surface area contributed by atoms with Gasteiger partial charge in [-0.05, 0) is 0 Å². The molecule has 0 spiro atoms. The topological polar surface area (TPSA) is 65.0 Å². The Morgan fingerprint density at radius 1 is 1.57 bits per heavy atom. The van der Waals surface area contributed by atoms with Gasteiger partial charge in [-0.1, -0.05) is 6.92 Å². The van der Waals surface area contributed by atoms with Gasteiger partial charge in [0, 0.05) is 13.0 Å². The van der Waals surface area contributed by atoms with Crippen LogP contribution in [0.1, 0.15) is 6.92 Å². The summed E-state index contributed by atoms with van der Waals surface area (Å²) in [7, 11) is 2.93. The highest BCUT2D eigenvalue weighted by molar-refractivity contribution is 5.92. The van der Waals surface area contributed by atoms with Gasteiger partial charge in [0.2, 0.25) is 0 Å². The van der Waals surface area contributed by atoms with E-state index in [0.29, 0.717) is 12.2 Å². The number of hydrogen-bond donors (Lipinski definition) is 1. The average Bonchev–Trinajstić information content (AvgIpc) is 2.40. The second-order valence-electron chi connectivity index (χ2n) is 3.10. The van der Waals surface area contributed by atoms with Crippen LogP contribution >= 0.6 is 0 Å². The van der Waals surface area contributed by atoms with Gasteiger partial charge in [-0.2, -0.15) is 0 Å². The lowest BCUT2D eigenvalue weighted by Gasteiger charge is -2.10. The Hall–Kier alpha value is -1.07. The summed E-state index contributed by atoms with van der Waals surface area (Å²) in [5.74, 6) is -0.516. The third-order valence-electron chi connectivity index (χ3n) is 2.06. The summed E-state index contributed by atoms with van der Waals surface area (Å²) < 4.78 is 14.4. The molecule has 0 saturated carbocycles. The third-order valence-corrected chi connectivity index (χ3v) is 2.06. The SMILES string of the molecule is COC[C@@H](C)C1=C(OC)[C@H](O)OC1=O. The van der Waals surface area contributed by atoms with E-state index in [-0.39, 0.29) is 11.7 Å². The van der Waals surface area contributed by atoms with Crippen LogP contribution in [-0.4, -0.2) is 38.2 Å². The zero-order valence-corrected chi connectivity index (χ0v) is 8.44. The Kier molecular flexibility index (Phi) is 3.49. The van der Waals surface area contributed by atoms with Crippen molar-refractivity contribution in [3.63, 3.8) is 0 Å². The molecule has 0 aromatic carbocycles. The second-order valence-corrected chi connectivity index (χ2v) is 3.10. The quantitative estimate of drug-likeness (QED) is 0.652. The molecule has 14 heavy (non-hydrogen) atoms. The molecule has 5 nitrogen and oxygen atoms in total. The molecule has 0 aromatic heterocycles. The van der Waals surface area contributed by atoms with Crippen molar-refractivity contribution in [2.75, 3.05) is 20.8 Å². The standard InChI is InChI=1S/C9H14O5/c1-5(4-12-2)6-7(13-3)9(11)14-8(6)10/h5,9,11H,4H2,1-3H3/t5-,9-/m1/s1. The van der Waals surface area contributed by atoms with Crippen LogP contribution in [0.2, 0.25) is 0 Å². The predicted octanol–water partition coefficient (Wildman–Crippen LogP) is 0.0446. The largest absolute Gasteiger partial charge is 0.494 e. The molecular formula is C9H14O5. The molecule has 0 radical (unpaired) electrons. The monoisotopic (exact) mass is 202 g/mol. The highest BCUT2D eigenvalue weighted by atomic mass is 16.7. The van der Waals surface area contributed by atoms with Crippen LogP contribution in [0.4, 0.5) is 0 Å². The zero-order valence-electron chi connectivity index (χ0n) is 8.44. The number of methoxy groups -OCH3 is 2. The molecule has 0 saturated heterocycles. The Balaban J connectivity index is 2.90. The van der Waals surface area contributed by atoms with Gasteiger partial charge in [0.15, 0.2) is 5.76 Å². The van der Waals surface area contributed by atoms with Crippen LogP contribution < -0.4 is 0 Å². The molecule has 0 fully saturated rings. The Morgan fingerprint density at radius 2 is 2.21 bits per heavy atom. The normalized spacial score (nSPS) is 23.7. The lowest BCUT2D eigenvalue weighted by molar-refractivity contribution is -0.154. The fraction of sp³-hybridized carbons (Fsp3) is 0.667. The molecule has 0 aliphatic carbocycles. The summed E-state index contributed by atoms with van der Waals surface area (Å²) in [6.07, 6.45) is -1.28. The molecule has 1 rings (SSSR count). The van der Waals surface area contributed by atoms with Crippen LogP contribution in [0.25, 0.3) is 0 Å². The molecule has 1 heterocycles. The molecule has 0 aromatic rings. The van der Waals surface area contributed by atoms with E-state index in [0.717, 1.165) is 0 Å². The van der Waals surface area contributed by atoms with Crippen molar-refractivity contribution in [3.8, 4) is 0 Å². The number of carbonyl (C=O) groups is 1. The summed E-state index contributed by atoms with van der Waals surface area (Å²) in [6.45, 7) is 2.18. The minimum atomic E-state index is -1.28. The van der Waals surface area contributed by atoms with Gasteiger partial charge in [0.25, 0.3) is 6.29 Å². The van der Waals surface area contributed by atoms with Crippen LogP contribution in [-0.2, 0) is 19.0 Å². The summed E-state index contributed by atoms with van der Waals surface area (Å²) in [5, 5.41) is 9.28. The number of hydrogen-bond acceptors (Lipinski definition) is 5. The van der Waals surface area contributed by atoms with Crippen molar-refractivity contribution in [1.82, 2.24) is 0 Å². The average molecular weight is 202 g/mol. The molecule has 0 amide bonds. The molecule has 1 aliphatic rings. The van der Waals surface area contributed by atoms with E-state index in [4.69, 9.17) is 9.47 Å². The third kappa shape index (κ3) is 1.88. The molecule has 80 valence electrons. The minimum absolute atomic E-state index is 0.153. The highest BCUT2D eigenvalue weighted by Gasteiger charge is 2.36. The maximum atomic E-state index is 11.3. The lowest BCUT2D eigenvalue weighted by Crippen LogP contribution is -2.13. The van der Waals surface area contributed by atoms with E-state index in [1.807, 2.05) is 0 Å². The molecule has 2 atom stereocenters. The van der Waals surface area contributed by atoms with E-state index >= 15 is 0 Å². The summed E-state index contributed by atoms with van der Waals surface area (Å²) in [4.78, 5) is 11.3. The van der Waals surface area contributed by atoms with Crippen molar-refractivity contribution < 1.29 is 24.1 Å². The number of aliphatic hydroxyl groups excluding tert-OH is 1. The van der Waals surface area contributed by atoms with E-state index in [2.05, 4.69) is 4.74 Å². The van der Waals surface area contributed by atoms with Gasteiger partial charge in [-0.3, -0.25) is 0 Å². The number of esters is 1. The number of cyclic esters (lactones) is 1. The zero-order chi connectivity index (χ0) is 10.7. The van der Waals surface area contributed by atoms with Crippen molar-refractivity contribution in [2.45, 2.75) is 13.2 Å². The number of rotatable bonds is 4. The van der Waals surface area contributed by atoms with Gasteiger partial charge in [0.1, 0.15) is 0 Å². The second kappa shape index (κ2) is 4.43. The van der Waals surface area contributed by atoms with Crippen molar-refractivity contribution in [3.05, 3.63) is 11.3 Å². The molecule has 1 aliphatic heterocycles. The number of ether oxygens (including phenoxy) is 3. The first-order chi connectivity index (χ1) is 6.61. The van der Waals surface area contributed by atoms with Crippen LogP contribution in [0.3, 0.4) is 0 Å². The van der Waals surface area contributed by atoms with E-state index in [9.17, 15) is 9.90 Å². The van der Waals surface area contributed by atoms with Crippen LogP contribution in [0.15, 0.2) is 11.3 Å². The number of aliphatic hydroxyl groups is 1. The summed E-state index contributed by atoms with van der Waals surface area (Å²) >= 11 is 0. The van der Waals surface area contributed by atoms with Crippen LogP contribution in [0, 0.1) is 5.92 Å². The first-order valence-electron chi connectivity index (χ1n) is 4.27. The first kappa shape index (κ1) is 11.0. The molecule has 0 bridgehead atoms. The Labute approximate surface area is 82.3 Å². The number of carbonyl (C=O) groups excluding carboxylic acids is 1. The predicted molar refractivity (Wildman–Crippen MR) is 47.2 cm³/mol. The van der Waals surface area contributed by atoms with E-state index in [1.54, 1.807) is 14.0 Å². The molecular weight excluding hydrogens is 188 g/mol. The van der Waals surface area contributed by atoms with Crippen molar-refractivity contribution in [2.24, 2.45) is 5.92 Å². The van der Waals surface area contributed by atoms with Crippen LogP contribution in [0.5, 0.6) is 0 Å². The highest BCUT2D eigenvalue weighted by Crippen LogP contribution is 2.27. The first-order valence-corrected chi connectivity index (χ1v) is 4.27. The van der Waals surface area contributed by atoms with Gasteiger partial charge in [-0.25, -0.2) is 4.79 Å².